The first kappa shape index (κ1) is 6.30. The van der Waals surface area contributed by atoms with Gasteiger partial charge in [0.05, 0.1) is 12.1 Å². The van der Waals surface area contributed by atoms with Crippen LogP contribution in [-0.4, -0.2) is 34.4 Å². The summed E-state index contributed by atoms with van der Waals surface area (Å²) in [4.78, 5) is 10.7. The van der Waals surface area contributed by atoms with Gasteiger partial charge < -0.3 is 15.7 Å². The molecule has 0 aromatic heterocycles. The molecule has 2 saturated heterocycles. The van der Waals surface area contributed by atoms with E-state index in [1.165, 1.54) is 11.8 Å². The molecule has 2 aliphatic heterocycles. The van der Waals surface area contributed by atoms with Crippen LogP contribution in [-0.2, 0) is 0 Å². The number of carbonyl (C=O) groups is 1. The van der Waals surface area contributed by atoms with Crippen molar-refractivity contribution in [2.24, 2.45) is 0 Å². The van der Waals surface area contributed by atoms with Crippen LogP contribution in [0, 0.1) is 0 Å². The van der Waals surface area contributed by atoms with Gasteiger partial charge in [-0.3, -0.25) is 0 Å². The molecule has 2 heterocycles. The van der Waals surface area contributed by atoms with Gasteiger partial charge in [0, 0.05) is 5.75 Å². The number of carbonyl (C=O) groups excluding carboxylic acids is 1. The number of hydrogen-bond donors (Lipinski definition) is 3. The molecule has 5 heteroatoms. The van der Waals surface area contributed by atoms with Crippen molar-refractivity contribution in [3.8, 4) is 0 Å². The summed E-state index contributed by atoms with van der Waals surface area (Å²) in [5, 5.41) is 14.6. The molecular formula is C5H8N2O2S. The topological polar surface area (TPSA) is 61.4 Å². The summed E-state index contributed by atoms with van der Waals surface area (Å²) in [6, 6.07) is -0.0978. The lowest BCUT2D eigenvalue weighted by atomic mass is 10.2. The van der Waals surface area contributed by atoms with E-state index in [1.54, 1.807) is 0 Å². The summed E-state index contributed by atoms with van der Waals surface area (Å²) in [5.74, 6) is 0.810. The SMILES string of the molecule is O=C1N[C@H]2[C@H](CS[C@H]2O)N1. The molecule has 0 aliphatic carbocycles. The summed E-state index contributed by atoms with van der Waals surface area (Å²) in [6.45, 7) is 0. The lowest BCUT2D eigenvalue weighted by molar-refractivity contribution is 0.219. The van der Waals surface area contributed by atoms with Crippen molar-refractivity contribution in [3.05, 3.63) is 0 Å². The molecule has 2 rings (SSSR count). The highest BCUT2D eigenvalue weighted by Gasteiger charge is 2.42. The molecule has 2 aliphatic rings. The van der Waals surface area contributed by atoms with Gasteiger partial charge in [0.1, 0.15) is 5.44 Å². The van der Waals surface area contributed by atoms with E-state index in [4.69, 9.17) is 0 Å². The fraction of sp³-hybridized carbons (Fsp3) is 0.800. The van der Waals surface area contributed by atoms with Crippen LogP contribution < -0.4 is 10.6 Å². The first-order chi connectivity index (χ1) is 4.77. The Morgan fingerprint density at radius 3 is 3.10 bits per heavy atom. The molecule has 0 radical (unpaired) electrons. The third-order valence-electron chi connectivity index (χ3n) is 1.80. The average molecular weight is 160 g/mol. The van der Waals surface area contributed by atoms with Crippen molar-refractivity contribution in [1.82, 2.24) is 10.6 Å². The van der Waals surface area contributed by atoms with Crippen LogP contribution in [0.2, 0.25) is 0 Å². The summed E-state index contributed by atoms with van der Waals surface area (Å²) < 4.78 is 0. The fourth-order valence-corrected chi connectivity index (χ4v) is 2.43. The lowest BCUT2D eigenvalue weighted by Gasteiger charge is -2.08. The Bertz CT molecular complexity index is 175. The number of aliphatic hydroxyl groups is 1. The number of amides is 2. The fourth-order valence-electron chi connectivity index (χ4n) is 1.27. The van der Waals surface area contributed by atoms with E-state index in [2.05, 4.69) is 10.6 Å². The van der Waals surface area contributed by atoms with Gasteiger partial charge in [-0.25, -0.2) is 4.79 Å². The van der Waals surface area contributed by atoms with Crippen LogP contribution in [0.1, 0.15) is 0 Å². The molecule has 3 atom stereocenters. The highest BCUT2D eigenvalue weighted by molar-refractivity contribution is 8.00. The largest absolute Gasteiger partial charge is 0.380 e. The molecule has 4 nitrogen and oxygen atoms in total. The molecule has 0 aromatic carbocycles. The van der Waals surface area contributed by atoms with Gasteiger partial charge in [-0.2, -0.15) is 0 Å². The zero-order chi connectivity index (χ0) is 7.14. The Morgan fingerprint density at radius 2 is 2.40 bits per heavy atom. The van der Waals surface area contributed by atoms with Gasteiger partial charge in [0.15, 0.2) is 0 Å². The summed E-state index contributed by atoms with van der Waals surface area (Å²) in [7, 11) is 0. The number of urea groups is 1. The van der Waals surface area contributed by atoms with Crippen molar-refractivity contribution < 1.29 is 9.90 Å². The zero-order valence-electron chi connectivity index (χ0n) is 5.20. The summed E-state index contributed by atoms with van der Waals surface area (Å²) >= 11 is 1.47. The van der Waals surface area contributed by atoms with Gasteiger partial charge in [0.2, 0.25) is 0 Å². The van der Waals surface area contributed by atoms with E-state index < -0.39 is 5.44 Å². The van der Waals surface area contributed by atoms with Crippen LogP contribution in [0.15, 0.2) is 0 Å². The van der Waals surface area contributed by atoms with Crippen LogP contribution >= 0.6 is 11.8 Å². The Labute approximate surface area is 62.4 Å². The quantitative estimate of drug-likeness (QED) is 0.402. The number of hydrogen-bond acceptors (Lipinski definition) is 3. The van der Waals surface area contributed by atoms with Gasteiger partial charge >= 0.3 is 6.03 Å². The highest BCUT2D eigenvalue weighted by atomic mass is 32.2. The van der Waals surface area contributed by atoms with Gasteiger partial charge in [-0.05, 0) is 0 Å². The van der Waals surface area contributed by atoms with E-state index >= 15 is 0 Å². The monoisotopic (exact) mass is 160 g/mol. The molecule has 2 amide bonds. The molecule has 0 bridgehead atoms. The normalized spacial score (nSPS) is 44.5. The maximum atomic E-state index is 10.7. The number of aliphatic hydroxyl groups excluding tert-OH is 1. The van der Waals surface area contributed by atoms with E-state index in [1.807, 2.05) is 0 Å². The van der Waals surface area contributed by atoms with E-state index in [0.29, 0.717) is 0 Å². The van der Waals surface area contributed by atoms with Crippen molar-refractivity contribution >= 4 is 17.8 Å². The number of fused-ring (bicyclic) bond motifs is 1. The van der Waals surface area contributed by atoms with Crippen LogP contribution in [0.25, 0.3) is 0 Å². The second-order valence-corrected chi connectivity index (χ2v) is 3.62. The second-order valence-electron chi connectivity index (χ2n) is 2.47. The van der Waals surface area contributed by atoms with Crippen LogP contribution in [0.4, 0.5) is 4.79 Å². The second kappa shape index (κ2) is 2.03. The molecule has 2 fully saturated rings. The molecule has 0 aromatic rings. The van der Waals surface area contributed by atoms with E-state index in [0.717, 1.165) is 5.75 Å². The molecule has 0 unspecified atom stereocenters. The van der Waals surface area contributed by atoms with Gasteiger partial charge in [-0.15, -0.1) is 11.8 Å². The molecule has 56 valence electrons. The van der Waals surface area contributed by atoms with Gasteiger partial charge in [-0.1, -0.05) is 0 Å². The van der Waals surface area contributed by atoms with Crippen LogP contribution in [0.3, 0.4) is 0 Å². The minimum absolute atomic E-state index is 0.0718. The van der Waals surface area contributed by atoms with Crippen molar-refractivity contribution in [3.63, 3.8) is 0 Å². The molecular weight excluding hydrogens is 152 g/mol. The average Bonchev–Trinajstić information content (AvgIpc) is 2.35. The number of rotatable bonds is 0. The first-order valence-electron chi connectivity index (χ1n) is 3.14. The molecule has 0 spiro atoms. The predicted molar refractivity (Wildman–Crippen MR) is 37.7 cm³/mol. The van der Waals surface area contributed by atoms with Gasteiger partial charge in [0.25, 0.3) is 0 Å². The Balaban J connectivity index is 2.12. The highest BCUT2D eigenvalue weighted by Crippen LogP contribution is 2.27. The number of nitrogens with one attached hydrogen (secondary N) is 2. The third kappa shape index (κ3) is 0.775. The minimum Gasteiger partial charge on any atom is -0.380 e. The smallest absolute Gasteiger partial charge is 0.315 e. The van der Waals surface area contributed by atoms with Crippen molar-refractivity contribution in [2.45, 2.75) is 17.5 Å². The predicted octanol–water partition coefficient (Wildman–Crippen LogP) is -0.898. The third-order valence-corrected chi connectivity index (χ3v) is 2.99. The number of thioether (sulfide) groups is 1. The Kier molecular flexibility index (Phi) is 1.28. The Morgan fingerprint density at radius 1 is 1.60 bits per heavy atom. The van der Waals surface area contributed by atoms with Crippen molar-refractivity contribution in [1.29, 1.82) is 0 Å². The lowest BCUT2D eigenvalue weighted by Crippen LogP contribution is -2.36. The summed E-state index contributed by atoms with van der Waals surface area (Å²) in [6.07, 6.45) is 0. The van der Waals surface area contributed by atoms with Crippen LogP contribution in [0.5, 0.6) is 0 Å². The summed E-state index contributed by atoms with van der Waals surface area (Å²) in [5.41, 5.74) is -0.427. The standard InChI is InChI=1S/C5H8N2O2S/c8-4-3-2(1-10-4)6-5(9)7-3/h2-4,8H,1H2,(H2,6,7,9)/t2-,3-,4+/m0/s1. The zero-order valence-corrected chi connectivity index (χ0v) is 6.02. The molecule has 0 saturated carbocycles. The molecule has 10 heavy (non-hydrogen) atoms. The maximum absolute atomic E-state index is 10.7. The van der Waals surface area contributed by atoms with E-state index in [9.17, 15) is 9.90 Å². The Hall–Kier alpha value is -0.420. The first-order valence-corrected chi connectivity index (χ1v) is 4.19. The maximum Gasteiger partial charge on any atom is 0.315 e. The molecule has 3 N–H and O–H groups in total. The van der Waals surface area contributed by atoms with E-state index in [-0.39, 0.29) is 18.1 Å². The minimum atomic E-state index is -0.427. The van der Waals surface area contributed by atoms with Crippen molar-refractivity contribution in [2.75, 3.05) is 5.75 Å².